The molecule has 1 atom stereocenters. The zero-order valence-corrected chi connectivity index (χ0v) is 13.0. The van der Waals surface area contributed by atoms with Gasteiger partial charge in [-0.1, -0.05) is 42.5 Å². The van der Waals surface area contributed by atoms with Crippen molar-refractivity contribution in [1.82, 2.24) is 9.97 Å². The van der Waals surface area contributed by atoms with Gasteiger partial charge in [-0.25, -0.2) is 9.78 Å². The van der Waals surface area contributed by atoms with E-state index in [1.54, 1.807) is 6.92 Å². The lowest BCUT2D eigenvalue weighted by atomic mass is 10.1. The van der Waals surface area contributed by atoms with Crippen LogP contribution in [0, 0.1) is 0 Å². The molecule has 5 nitrogen and oxygen atoms in total. The first-order chi connectivity index (χ1) is 11.3. The molecule has 0 aliphatic heterocycles. The van der Waals surface area contributed by atoms with Crippen LogP contribution in [0.15, 0.2) is 54.6 Å². The highest BCUT2D eigenvalue weighted by atomic mass is 16.5. The van der Waals surface area contributed by atoms with Crippen molar-refractivity contribution in [2.24, 2.45) is 0 Å². The molecule has 3 rings (SSSR count). The average molecular weight is 309 g/mol. The summed E-state index contributed by atoms with van der Waals surface area (Å²) in [5.41, 5.74) is 2.85. The van der Waals surface area contributed by atoms with Crippen molar-refractivity contribution in [1.29, 1.82) is 0 Å². The lowest BCUT2D eigenvalue weighted by molar-refractivity contribution is -0.144. The Morgan fingerprint density at radius 2 is 1.91 bits per heavy atom. The van der Waals surface area contributed by atoms with Gasteiger partial charge in [-0.2, -0.15) is 0 Å². The van der Waals surface area contributed by atoms with E-state index in [-0.39, 0.29) is 5.97 Å². The second kappa shape index (κ2) is 6.96. The van der Waals surface area contributed by atoms with Crippen molar-refractivity contribution in [2.75, 3.05) is 11.9 Å². The van der Waals surface area contributed by atoms with E-state index < -0.39 is 6.04 Å². The second-order valence-corrected chi connectivity index (χ2v) is 5.24. The SMILES string of the molecule is CCOC(=O)C(Cc1ccccc1)Nc1nc2ccccc2[nH]1. The van der Waals surface area contributed by atoms with Crippen LogP contribution in [0.3, 0.4) is 0 Å². The molecule has 1 aromatic heterocycles. The number of carbonyl (C=O) groups is 1. The van der Waals surface area contributed by atoms with Gasteiger partial charge >= 0.3 is 5.97 Å². The molecule has 23 heavy (non-hydrogen) atoms. The summed E-state index contributed by atoms with van der Waals surface area (Å²) in [7, 11) is 0. The van der Waals surface area contributed by atoms with Crippen molar-refractivity contribution in [3.05, 3.63) is 60.2 Å². The van der Waals surface area contributed by atoms with Crippen molar-refractivity contribution >= 4 is 23.0 Å². The fourth-order valence-electron chi connectivity index (χ4n) is 2.47. The summed E-state index contributed by atoms with van der Waals surface area (Å²) in [4.78, 5) is 19.9. The molecular weight excluding hydrogens is 290 g/mol. The van der Waals surface area contributed by atoms with Crippen LogP contribution < -0.4 is 5.32 Å². The number of nitrogens with one attached hydrogen (secondary N) is 2. The number of carbonyl (C=O) groups excluding carboxylic acids is 1. The number of hydrogen-bond acceptors (Lipinski definition) is 4. The van der Waals surface area contributed by atoms with Crippen LogP contribution in [0.25, 0.3) is 11.0 Å². The highest BCUT2D eigenvalue weighted by Gasteiger charge is 2.21. The van der Waals surface area contributed by atoms with E-state index >= 15 is 0 Å². The largest absolute Gasteiger partial charge is 0.464 e. The van der Waals surface area contributed by atoms with Gasteiger partial charge in [-0.05, 0) is 24.6 Å². The maximum atomic E-state index is 12.2. The van der Waals surface area contributed by atoms with Crippen LogP contribution in [0.1, 0.15) is 12.5 Å². The third-order valence-electron chi connectivity index (χ3n) is 3.55. The molecule has 0 radical (unpaired) electrons. The van der Waals surface area contributed by atoms with Crippen LogP contribution in [0.4, 0.5) is 5.95 Å². The number of ether oxygens (including phenoxy) is 1. The van der Waals surface area contributed by atoms with Crippen molar-refractivity contribution < 1.29 is 9.53 Å². The molecule has 0 bridgehead atoms. The Labute approximate surface area is 134 Å². The minimum absolute atomic E-state index is 0.281. The third kappa shape index (κ3) is 3.69. The predicted molar refractivity (Wildman–Crippen MR) is 90.3 cm³/mol. The smallest absolute Gasteiger partial charge is 0.328 e. The van der Waals surface area contributed by atoms with Gasteiger partial charge in [-0.3, -0.25) is 0 Å². The van der Waals surface area contributed by atoms with Crippen molar-refractivity contribution in [2.45, 2.75) is 19.4 Å². The first-order valence-corrected chi connectivity index (χ1v) is 7.68. The van der Waals surface area contributed by atoms with E-state index in [4.69, 9.17) is 4.74 Å². The number of aromatic amines is 1. The molecule has 1 unspecified atom stereocenters. The van der Waals surface area contributed by atoms with Gasteiger partial charge in [0.25, 0.3) is 0 Å². The number of esters is 1. The molecule has 0 spiro atoms. The monoisotopic (exact) mass is 309 g/mol. The number of hydrogen-bond donors (Lipinski definition) is 2. The summed E-state index contributed by atoms with van der Waals surface area (Å²) in [6.45, 7) is 2.16. The molecule has 0 amide bonds. The fraction of sp³-hybridized carbons (Fsp3) is 0.222. The van der Waals surface area contributed by atoms with E-state index in [0.717, 1.165) is 16.6 Å². The fourth-order valence-corrected chi connectivity index (χ4v) is 2.47. The first kappa shape index (κ1) is 15.1. The molecule has 1 heterocycles. The Bertz CT molecular complexity index is 750. The number of aromatic nitrogens is 2. The van der Waals surface area contributed by atoms with Crippen molar-refractivity contribution in [3.8, 4) is 0 Å². The Balaban J connectivity index is 1.81. The standard InChI is InChI=1S/C18H19N3O2/c1-2-23-17(22)16(12-13-8-4-3-5-9-13)21-18-19-14-10-6-7-11-15(14)20-18/h3-11,16H,2,12H2,1H3,(H2,19,20,21). The molecule has 0 saturated carbocycles. The minimum Gasteiger partial charge on any atom is -0.464 e. The molecule has 0 saturated heterocycles. The zero-order valence-electron chi connectivity index (χ0n) is 13.0. The molecule has 118 valence electrons. The maximum Gasteiger partial charge on any atom is 0.328 e. The van der Waals surface area contributed by atoms with E-state index in [2.05, 4.69) is 15.3 Å². The molecule has 2 aromatic carbocycles. The Morgan fingerprint density at radius 1 is 1.17 bits per heavy atom. The van der Waals surface area contributed by atoms with Crippen LogP contribution in [-0.2, 0) is 16.0 Å². The number of nitrogens with zero attached hydrogens (tertiary/aromatic N) is 1. The Morgan fingerprint density at radius 3 is 2.65 bits per heavy atom. The molecule has 0 fully saturated rings. The summed E-state index contributed by atoms with van der Waals surface area (Å²) in [6, 6.07) is 17.1. The summed E-state index contributed by atoms with van der Waals surface area (Å²) < 4.78 is 5.18. The van der Waals surface area contributed by atoms with E-state index in [1.807, 2.05) is 54.6 Å². The van der Waals surface area contributed by atoms with Gasteiger partial charge in [0, 0.05) is 6.42 Å². The van der Waals surface area contributed by atoms with Crippen LogP contribution in [0.2, 0.25) is 0 Å². The van der Waals surface area contributed by atoms with Gasteiger partial charge in [0.1, 0.15) is 6.04 Å². The number of fused-ring (bicyclic) bond motifs is 1. The molecular formula is C18H19N3O2. The van der Waals surface area contributed by atoms with Crippen molar-refractivity contribution in [3.63, 3.8) is 0 Å². The maximum absolute atomic E-state index is 12.2. The van der Waals surface area contributed by atoms with Gasteiger partial charge < -0.3 is 15.0 Å². The number of H-pyrrole nitrogens is 1. The number of benzene rings is 2. The summed E-state index contributed by atoms with van der Waals surface area (Å²) in [5, 5.41) is 3.16. The summed E-state index contributed by atoms with van der Waals surface area (Å²) in [6.07, 6.45) is 0.538. The van der Waals surface area contributed by atoms with Crippen LogP contribution >= 0.6 is 0 Å². The predicted octanol–water partition coefficient (Wildman–Crippen LogP) is 3.15. The summed E-state index contributed by atoms with van der Waals surface area (Å²) >= 11 is 0. The molecule has 0 aliphatic carbocycles. The minimum atomic E-state index is -0.488. The topological polar surface area (TPSA) is 67.0 Å². The molecule has 5 heteroatoms. The van der Waals surface area contributed by atoms with E-state index in [9.17, 15) is 4.79 Å². The first-order valence-electron chi connectivity index (χ1n) is 7.68. The summed E-state index contributed by atoms with van der Waals surface area (Å²) in [5.74, 6) is 0.289. The Kier molecular flexibility index (Phi) is 4.57. The lowest BCUT2D eigenvalue weighted by Gasteiger charge is -2.16. The van der Waals surface area contributed by atoms with Crippen LogP contribution in [0.5, 0.6) is 0 Å². The molecule has 0 aliphatic rings. The lowest BCUT2D eigenvalue weighted by Crippen LogP contribution is -2.34. The highest BCUT2D eigenvalue weighted by Crippen LogP contribution is 2.15. The van der Waals surface area contributed by atoms with E-state index in [0.29, 0.717) is 19.0 Å². The van der Waals surface area contributed by atoms with E-state index in [1.165, 1.54) is 0 Å². The number of para-hydroxylation sites is 2. The molecule has 3 aromatic rings. The van der Waals surface area contributed by atoms with Crippen LogP contribution in [-0.4, -0.2) is 28.6 Å². The zero-order chi connectivity index (χ0) is 16.1. The van der Waals surface area contributed by atoms with Gasteiger partial charge in [-0.15, -0.1) is 0 Å². The highest BCUT2D eigenvalue weighted by molar-refractivity contribution is 5.81. The third-order valence-corrected chi connectivity index (χ3v) is 3.55. The van der Waals surface area contributed by atoms with Gasteiger partial charge in [0.2, 0.25) is 5.95 Å². The van der Waals surface area contributed by atoms with Gasteiger partial charge in [0.15, 0.2) is 0 Å². The Hall–Kier alpha value is -2.82. The van der Waals surface area contributed by atoms with Gasteiger partial charge in [0.05, 0.1) is 17.6 Å². The number of rotatable bonds is 6. The number of imidazole rings is 1. The average Bonchev–Trinajstić information content (AvgIpc) is 2.98. The second-order valence-electron chi connectivity index (χ2n) is 5.24. The molecule has 2 N–H and O–H groups in total. The normalized spacial score (nSPS) is 12.0. The quantitative estimate of drug-likeness (QED) is 0.686. The number of anilines is 1.